The summed E-state index contributed by atoms with van der Waals surface area (Å²) < 4.78 is 26.3. The Bertz CT molecular complexity index is 647. The van der Waals surface area contributed by atoms with Crippen LogP contribution in [0.5, 0.6) is 0 Å². The third-order valence-corrected chi connectivity index (χ3v) is 3.60. The molecule has 1 fully saturated rings. The van der Waals surface area contributed by atoms with Crippen LogP contribution in [0.4, 0.5) is 14.7 Å². The van der Waals surface area contributed by atoms with Crippen molar-refractivity contribution < 1.29 is 8.78 Å². The lowest BCUT2D eigenvalue weighted by atomic mass is 10.1. The Labute approximate surface area is 121 Å². The van der Waals surface area contributed by atoms with E-state index in [0.717, 1.165) is 31.5 Å². The minimum absolute atomic E-state index is 0.120. The minimum atomic E-state index is -0.882. The number of hydrogen-bond donors (Lipinski definition) is 1. The molecule has 1 unspecified atom stereocenters. The number of rotatable bonds is 2. The lowest BCUT2D eigenvalue weighted by molar-refractivity contribution is 0.500. The summed E-state index contributed by atoms with van der Waals surface area (Å²) in [5.41, 5.74) is 7.05. The van der Waals surface area contributed by atoms with E-state index < -0.39 is 11.6 Å². The summed E-state index contributed by atoms with van der Waals surface area (Å²) in [4.78, 5) is 10.7. The minimum Gasteiger partial charge on any atom is -0.339 e. The van der Waals surface area contributed by atoms with Crippen LogP contribution in [0.1, 0.15) is 12.8 Å². The smallest absolute Gasteiger partial charge is 0.225 e. The number of nitrogens with two attached hydrogens (primary N) is 1. The highest BCUT2D eigenvalue weighted by atomic mass is 19.2. The van der Waals surface area contributed by atoms with Crippen molar-refractivity contribution in [1.29, 1.82) is 0 Å². The standard InChI is InChI=1S/C15H16F2N4/c16-12-4-3-10(8-13(12)17)14-5-6-19-15(20-14)21-7-1-2-11(18)9-21/h3-6,8,11H,1-2,7,9,18H2. The summed E-state index contributed by atoms with van der Waals surface area (Å²) in [6.45, 7) is 1.57. The van der Waals surface area contributed by atoms with Crippen LogP contribution in [0, 0.1) is 11.6 Å². The Morgan fingerprint density at radius 3 is 2.81 bits per heavy atom. The summed E-state index contributed by atoms with van der Waals surface area (Å²) in [6.07, 6.45) is 3.62. The number of benzene rings is 1. The molecule has 4 nitrogen and oxygen atoms in total. The number of piperidine rings is 1. The van der Waals surface area contributed by atoms with E-state index >= 15 is 0 Å². The molecule has 2 heterocycles. The fourth-order valence-corrected chi connectivity index (χ4v) is 2.51. The number of hydrogen-bond acceptors (Lipinski definition) is 4. The first kappa shape index (κ1) is 13.9. The van der Waals surface area contributed by atoms with Crippen LogP contribution < -0.4 is 10.6 Å². The van der Waals surface area contributed by atoms with Crippen molar-refractivity contribution in [3.8, 4) is 11.3 Å². The van der Waals surface area contributed by atoms with Gasteiger partial charge in [0.15, 0.2) is 11.6 Å². The van der Waals surface area contributed by atoms with Crippen LogP contribution in [0.25, 0.3) is 11.3 Å². The molecule has 0 spiro atoms. The molecular formula is C15H16F2N4. The maximum atomic E-state index is 13.3. The lowest BCUT2D eigenvalue weighted by Crippen LogP contribution is -2.43. The average molecular weight is 290 g/mol. The SMILES string of the molecule is NC1CCCN(c2nccc(-c3ccc(F)c(F)c3)n2)C1. The Balaban J connectivity index is 1.90. The van der Waals surface area contributed by atoms with Gasteiger partial charge in [0.2, 0.25) is 5.95 Å². The molecular weight excluding hydrogens is 274 g/mol. The molecule has 0 bridgehead atoms. The van der Waals surface area contributed by atoms with Crippen molar-refractivity contribution in [2.45, 2.75) is 18.9 Å². The quantitative estimate of drug-likeness (QED) is 0.922. The molecule has 0 radical (unpaired) electrons. The van der Waals surface area contributed by atoms with Crippen molar-refractivity contribution in [2.24, 2.45) is 5.73 Å². The third kappa shape index (κ3) is 3.00. The van der Waals surface area contributed by atoms with Crippen molar-refractivity contribution in [3.05, 3.63) is 42.1 Å². The van der Waals surface area contributed by atoms with E-state index in [1.807, 2.05) is 4.90 Å². The van der Waals surface area contributed by atoms with Gasteiger partial charge in [0.1, 0.15) is 0 Å². The third-order valence-electron chi connectivity index (χ3n) is 3.60. The molecule has 1 saturated heterocycles. The van der Waals surface area contributed by atoms with Crippen LogP contribution in [-0.4, -0.2) is 29.1 Å². The van der Waals surface area contributed by atoms with Crippen molar-refractivity contribution in [3.63, 3.8) is 0 Å². The van der Waals surface area contributed by atoms with Crippen molar-refractivity contribution in [2.75, 3.05) is 18.0 Å². The Morgan fingerprint density at radius 2 is 2.05 bits per heavy atom. The first-order chi connectivity index (χ1) is 10.1. The Morgan fingerprint density at radius 1 is 1.19 bits per heavy atom. The molecule has 1 atom stereocenters. The second-order valence-electron chi connectivity index (χ2n) is 5.22. The molecule has 1 aliphatic rings. The fourth-order valence-electron chi connectivity index (χ4n) is 2.51. The van der Waals surface area contributed by atoms with Crippen molar-refractivity contribution in [1.82, 2.24) is 9.97 Å². The van der Waals surface area contributed by atoms with Gasteiger partial charge in [0, 0.05) is 30.9 Å². The van der Waals surface area contributed by atoms with Gasteiger partial charge in [-0.1, -0.05) is 0 Å². The molecule has 21 heavy (non-hydrogen) atoms. The van der Waals surface area contributed by atoms with Crippen LogP contribution in [0.3, 0.4) is 0 Å². The van der Waals surface area contributed by atoms with E-state index in [-0.39, 0.29) is 6.04 Å². The highest BCUT2D eigenvalue weighted by molar-refractivity contribution is 5.60. The number of nitrogens with zero attached hydrogens (tertiary/aromatic N) is 3. The summed E-state index contributed by atoms with van der Waals surface area (Å²) in [5, 5.41) is 0. The topological polar surface area (TPSA) is 55.0 Å². The molecule has 1 aromatic heterocycles. The second kappa shape index (κ2) is 5.73. The first-order valence-corrected chi connectivity index (χ1v) is 6.92. The van der Waals surface area contributed by atoms with E-state index in [9.17, 15) is 8.78 Å². The summed E-state index contributed by atoms with van der Waals surface area (Å²) in [5.74, 6) is -1.17. The van der Waals surface area contributed by atoms with Gasteiger partial charge in [-0.3, -0.25) is 0 Å². The highest BCUT2D eigenvalue weighted by Crippen LogP contribution is 2.22. The zero-order valence-electron chi connectivity index (χ0n) is 11.5. The Hall–Kier alpha value is -2.08. The molecule has 1 aromatic carbocycles. The van der Waals surface area contributed by atoms with Gasteiger partial charge in [-0.15, -0.1) is 0 Å². The molecule has 1 aliphatic heterocycles. The first-order valence-electron chi connectivity index (χ1n) is 6.92. The second-order valence-corrected chi connectivity index (χ2v) is 5.22. The molecule has 6 heteroatoms. The maximum absolute atomic E-state index is 13.3. The molecule has 2 aromatic rings. The van der Waals surface area contributed by atoms with Crippen LogP contribution in [0.2, 0.25) is 0 Å². The van der Waals surface area contributed by atoms with Gasteiger partial charge in [0.25, 0.3) is 0 Å². The molecule has 2 N–H and O–H groups in total. The van der Waals surface area contributed by atoms with E-state index in [1.54, 1.807) is 12.3 Å². The number of anilines is 1. The van der Waals surface area contributed by atoms with Gasteiger partial charge in [-0.2, -0.15) is 0 Å². The van der Waals surface area contributed by atoms with Gasteiger partial charge in [-0.05, 0) is 37.1 Å². The normalized spacial score (nSPS) is 18.8. The predicted octanol–water partition coefficient (Wildman–Crippen LogP) is 2.35. The van der Waals surface area contributed by atoms with E-state index in [0.29, 0.717) is 23.8 Å². The summed E-state index contributed by atoms with van der Waals surface area (Å²) in [7, 11) is 0. The molecule has 0 amide bonds. The Kier molecular flexibility index (Phi) is 3.79. The monoisotopic (exact) mass is 290 g/mol. The predicted molar refractivity (Wildman–Crippen MR) is 76.8 cm³/mol. The maximum Gasteiger partial charge on any atom is 0.225 e. The number of aromatic nitrogens is 2. The lowest BCUT2D eigenvalue weighted by Gasteiger charge is -2.30. The highest BCUT2D eigenvalue weighted by Gasteiger charge is 2.19. The zero-order valence-corrected chi connectivity index (χ0v) is 11.5. The molecule has 0 saturated carbocycles. The van der Waals surface area contributed by atoms with Crippen molar-refractivity contribution >= 4 is 5.95 Å². The van der Waals surface area contributed by atoms with Crippen LogP contribution >= 0.6 is 0 Å². The van der Waals surface area contributed by atoms with Crippen LogP contribution in [-0.2, 0) is 0 Å². The molecule has 0 aliphatic carbocycles. The van der Waals surface area contributed by atoms with Gasteiger partial charge < -0.3 is 10.6 Å². The van der Waals surface area contributed by atoms with E-state index in [2.05, 4.69) is 9.97 Å². The largest absolute Gasteiger partial charge is 0.339 e. The van der Waals surface area contributed by atoms with Crippen LogP contribution in [0.15, 0.2) is 30.5 Å². The summed E-state index contributed by atoms with van der Waals surface area (Å²) >= 11 is 0. The van der Waals surface area contributed by atoms with Gasteiger partial charge in [0.05, 0.1) is 5.69 Å². The zero-order chi connectivity index (χ0) is 14.8. The van der Waals surface area contributed by atoms with E-state index in [1.165, 1.54) is 6.07 Å². The summed E-state index contributed by atoms with van der Waals surface area (Å²) in [6, 6.07) is 5.55. The molecule has 3 rings (SSSR count). The fraction of sp³-hybridized carbons (Fsp3) is 0.333. The van der Waals surface area contributed by atoms with Gasteiger partial charge >= 0.3 is 0 Å². The van der Waals surface area contributed by atoms with Gasteiger partial charge in [-0.25, -0.2) is 18.7 Å². The van der Waals surface area contributed by atoms with E-state index in [4.69, 9.17) is 5.73 Å². The molecule has 110 valence electrons. The number of halogens is 2. The average Bonchev–Trinajstić information content (AvgIpc) is 2.50.